The van der Waals surface area contributed by atoms with Gasteiger partial charge in [-0.1, -0.05) is 123 Å². The highest BCUT2D eigenvalue weighted by Gasteiger charge is 2.53. The van der Waals surface area contributed by atoms with Crippen LogP contribution in [0.4, 0.5) is 4.39 Å². The molecule has 0 bridgehead atoms. The molecule has 66 heavy (non-hydrogen) atoms. The maximum atomic E-state index is 17.2. The lowest BCUT2D eigenvalue weighted by atomic mass is 9.97. The monoisotopic (exact) mass is 896 g/mol. The largest absolute Gasteiger partial charge is 0.466 e. The maximum Gasteiger partial charge on any atom is 0.338 e. The van der Waals surface area contributed by atoms with Gasteiger partial charge in [-0.25, -0.2) is 23.5 Å². The van der Waals surface area contributed by atoms with Gasteiger partial charge < -0.3 is 28.4 Å². The van der Waals surface area contributed by atoms with Crippen molar-refractivity contribution in [2.75, 3.05) is 13.2 Å². The van der Waals surface area contributed by atoms with Crippen molar-refractivity contribution in [1.29, 1.82) is 0 Å². The fourth-order valence-electron chi connectivity index (χ4n) is 7.63. The van der Waals surface area contributed by atoms with Crippen LogP contribution in [-0.2, 0) is 47.9 Å². The molecular formula is C53H53FN2O10. The van der Waals surface area contributed by atoms with Gasteiger partial charge in [0.25, 0.3) is 0 Å². The number of aromatic nitrogens is 2. The molecule has 1 aliphatic rings. The highest BCUT2D eigenvalue weighted by atomic mass is 19.1. The van der Waals surface area contributed by atoms with Gasteiger partial charge in [-0.3, -0.25) is 4.79 Å². The summed E-state index contributed by atoms with van der Waals surface area (Å²) in [5.74, 6) is -2.53. The van der Waals surface area contributed by atoms with E-state index in [1.54, 1.807) is 90.5 Å². The normalized spacial score (nSPS) is 18.0. The predicted molar refractivity (Wildman–Crippen MR) is 243 cm³/mol. The number of alkyl halides is 1. The Morgan fingerprint density at radius 2 is 1.20 bits per heavy atom. The minimum absolute atomic E-state index is 0.0968. The second-order valence-electron chi connectivity index (χ2n) is 16.2. The Labute approximate surface area is 383 Å². The van der Waals surface area contributed by atoms with Crippen molar-refractivity contribution in [1.82, 2.24) is 9.78 Å². The van der Waals surface area contributed by atoms with E-state index in [0.717, 1.165) is 22.4 Å². The summed E-state index contributed by atoms with van der Waals surface area (Å²) in [4.78, 5) is 52.8. The number of esters is 4. The Balaban J connectivity index is 1.28. The first kappa shape index (κ1) is 46.9. The van der Waals surface area contributed by atoms with E-state index in [4.69, 9.17) is 33.5 Å². The van der Waals surface area contributed by atoms with Crippen molar-refractivity contribution in [3.05, 3.63) is 190 Å². The molecular weight excluding hydrogens is 844 g/mol. The van der Waals surface area contributed by atoms with Crippen LogP contribution in [0.1, 0.15) is 98.6 Å². The summed E-state index contributed by atoms with van der Waals surface area (Å²) < 4.78 is 54.9. The molecule has 1 fully saturated rings. The second-order valence-corrected chi connectivity index (χ2v) is 16.2. The first-order chi connectivity index (χ1) is 32.1. The van der Waals surface area contributed by atoms with Gasteiger partial charge in [0.1, 0.15) is 12.7 Å². The van der Waals surface area contributed by atoms with E-state index in [9.17, 15) is 19.2 Å². The first-order valence-electron chi connectivity index (χ1n) is 22.1. The zero-order valence-electron chi connectivity index (χ0n) is 37.1. The van der Waals surface area contributed by atoms with Crippen LogP contribution < -0.4 is 4.74 Å². The minimum Gasteiger partial charge on any atom is -0.466 e. The number of carbonyl (C=O) groups excluding carboxylic acids is 4. The van der Waals surface area contributed by atoms with Crippen LogP contribution in [0.5, 0.6) is 5.88 Å². The predicted octanol–water partition coefficient (Wildman–Crippen LogP) is 9.28. The van der Waals surface area contributed by atoms with Crippen molar-refractivity contribution >= 4 is 23.9 Å². The van der Waals surface area contributed by atoms with E-state index in [1.807, 2.05) is 68.4 Å². The first-order valence-corrected chi connectivity index (χ1v) is 22.1. The number of rotatable bonds is 19. The molecule has 0 saturated carbocycles. The number of halogens is 1. The van der Waals surface area contributed by atoms with Crippen molar-refractivity contribution in [3.8, 4) is 5.88 Å². The number of benzene rings is 5. The molecule has 1 saturated heterocycles. The molecule has 7 rings (SSSR count). The van der Waals surface area contributed by atoms with Crippen LogP contribution in [0, 0.1) is 0 Å². The van der Waals surface area contributed by atoms with E-state index < -0.39 is 55.3 Å². The van der Waals surface area contributed by atoms with Gasteiger partial charge in [0, 0.05) is 18.4 Å². The third-order valence-corrected chi connectivity index (χ3v) is 11.0. The van der Waals surface area contributed by atoms with E-state index in [2.05, 4.69) is 0 Å². The topological polar surface area (TPSA) is 141 Å². The molecule has 2 heterocycles. The van der Waals surface area contributed by atoms with E-state index >= 15 is 4.39 Å². The number of carbonyl (C=O) groups is 4. The summed E-state index contributed by atoms with van der Waals surface area (Å²) in [5.41, 5.74) is 4.81. The highest BCUT2D eigenvalue weighted by Crippen LogP contribution is 2.36. The zero-order chi connectivity index (χ0) is 46.4. The Morgan fingerprint density at radius 1 is 0.667 bits per heavy atom. The summed E-state index contributed by atoms with van der Waals surface area (Å²) in [5, 5.41) is 5.08. The molecule has 0 amide bonds. The number of hydrogen-bond donors (Lipinski definition) is 0. The van der Waals surface area contributed by atoms with Gasteiger partial charge >= 0.3 is 23.9 Å². The Kier molecular flexibility index (Phi) is 16.1. The molecule has 5 atom stereocenters. The van der Waals surface area contributed by atoms with E-state index in [0.29, 0.717) is 37.9 Å². The third-order valence-electron chi connectivity index (χ3n) is 11.0. The maximum absolute atomic E-state index is 17.2. The summed E-state index contributed by atoms with van der Waals surface area (Å²) in [7, 11) is 0. The lowest BCUT2D eigenvalue weighted by molar-refractivity contribution is -0.265. The fourth-order valence-corrected chi connectivity index (χ4v) is 7.63. The Morgan fingerprint density at radius 3 is 1.76 bits per heavy atom. The molecule has 12 nitrogen and oxygen atoms in total. The highest BCUT2D eigenvalue weighted by molar-refractivity contribution is 5.91. The molecule has 342 valence electrons. The van der Waals surface area contributed by atoms with Gasteiger partial charge in [0.05, 0.1) is 35.5 Å². The molecule has 5 aromatic carbocycles. The molecule has 0 radical (unpaired) electrons. The van der Waals surface area contributed by atoms with Gasteiger partial charge in [0.15, 0.2) is 12.3 Å². The molecule has 1 aliphatic heterocycles. The quantitative estimate of drug-likeness (QED) is 0.0568. The van der Waals surface area contributed by atoms with Gasteiger partial charge in [-0.15, -0.1) is 0 Å². The van der Waals surface area contributed by atoms with Crippen LogP contribution in [0.2, 0.25) is 0 Å². The molecule has 6 aromatic rings. The van der Waals surface area contributed by atoms with Crippen LogP contribution >= 0.6 is 0 Å². The average Bonchev–Trinajstić information content (AvgIpc) is 3.67. The van der Waals surface area contributed by atoms with E-state index in [-0.39, 0.29) is 41.0 Å². The smallest absolute Gasteiger partial charge is 0.338 e. The minimum atomic E-state index is -2.18. The number of hydrogen-bond acceptors (Lipinski definition) is 11. The van der Waals surface area contributed by atoms with Crippen molar-refractivity contribution in [3.63, 3.8) is 0 Å². The lowest BCUT2D eigenvalue weighted by Crippen LogP contribution is -2.61. The summed E-state index contributed by atoms with van der Waals surface area (Å²) in [6.45, 7) is 5.81. The van der Waals surface area contributed by atoms with Gasteiger partial charge in [-0.05, 0) is 78.8 Å². The summed E-state index contributed by atoms with van der Waals surface area (Å²) >= 11 is 0. The van der Waals surface area contributed by atoms with Crippen LogP contribution in [0.15, 0.2) is 146 Å². The third kappa shape index (κ3) is 12.2. The van der Waals surface area contributed by atoms with Crippen LogP contribution in [0.3, 0.4) is 0 Å². The van der Waals surface area contributed by atoms with Gasteiger partial charge in [-0.2, -0.15) is 5.10 Å². The van der Waals surface area contributed by atoms with Crippen LogP contribution in [0.25, 0.3) is 0 Å². The van der Waals surface area contributed by atoms with Gasteiger partial charge in [0.2, 0.25) is 18.3 Å². The molecule has 0 N–H and O–H groups in total. The number of nitrogens with zero attached hydrogens (tertiary/aromatic N) is 2. The van der Waals surface area contributed by atoms with Crippen molar-refractivity contribution in [2.45, 2.75) is 89.7 Å². The Hall–Kier alpha value is -7.12. The summed E-state index contributed by atoms with van der Waals surface area (Å²) in [6.07, 6.45) is -6.86. The molecule has 1 aromatic heterocycles. The standard InChI is InChI=1S/C53H53FN2O10/c1-4-61-44(57)27-17-20-36-28-30-37(31-29-36)32-42-46(35(2)3)55-56(33-38-18-9-5-10-19-38)49(42)66-53-48(65-52(60)41-25-15-8-16-26-41)47(64-51(59)40-23-13-7-14-24-40)45(54)43(63-53)34-62-50(58)39-21-11-6-12-22-39/h5-16,18-19,21-26,28-31,35,43,45,47-48,53H,4,17,20,27,32-34H2,1-3H3/t43-,45-,47+,48-,53?/m1/s1. The number of ether oxygens (including phenoxy) is 6. The fraction of sp³-hybridized carbons (Fsp3) is 0.302. The molecule has 0 aliphatic carbocycles. The summed E-state index contributed by atoms with van der Waals surface area (Å²) in [6, 6.07) is 42.1. The molecule has 13 heteroatoms. The van der Waals surface area contributed by atoms with Crippen molar-refractivity contribution in [2.24, 2.45) is 0 Å². The average molecular weight is 897 g/mol. The number of aryl methyl sites for hydroxylation is 1. The van der Waals surface area contributed by atoms with E-state index in [1.165, 1.54) is 12.1 Å². The zero-order valence-corrected chi connectivity index (χ0v) is 37.1. The van der Waals surface area contributed by atoms with Crippen LogP contribution in [-0.4, -0.2) is 77.6 Å². The van der Waals surface area contributed by atoms with Crippen molar-refractivity contribution < 1.29 is 52.0 Å². The molecule has 0 spiro atoms. The molecule has 1 unspecified atom stereocenters. The second kappa shape index (κ2) is 22.7. The lowest BCUT2D eigenvalue weighted by Gasteiger charge is -2.42. The SMILES string of the molecule is CCOC(=O)CCCc1ccc(Cc2c(C(C)C)nn(Cc3ccccc3)c2OC2O[C@H](COC(=O)c3ccccc3)[C@@H](F)[C@H](OC(=O)c3ccccc3)[C@H]2OC(=O)c2ccccc2)cc1. The Bertz CT molecular complexity index is 2520.